The zero-order chi connectivity index (χ0) is 8.97. The lowest BCUT2D eigenvalue weighted by Crippen LogP contribution is -2.12. The summed E-state index contributed by atoms with van der Waals surface area (Å²) in [6.45, 7) is 0.744. The maximum absolute atomic E-state index is 11.4. The molecule has 0 bridgehead atoms. The van der Waals surface area contributed by atoms with E-state index in [9.17, 15) is 4.79 Å². The molecule has 0 saturated heterocycles. The Morgan fingerprint density at radius 3 is 3.00 bits per heavy atom. The molecular formula is C8H10BrNOS. The molecule has 0 aliphatic rings. The van der Waals surface area contributed by atoms with Gasteiger partial charge in [0.25, 0.3) is 0 Å². The van der Waals surface area contributed by atoms with Gasteiger partial charge in [-0.1, -0.05) is 0 Å². The van der Waals surface area contributed by atoms with E-state index in [4.69, 9.17) is 0 Å². The molecule has 1 rings (SSSR count). The minimum absolute atomic E-state index is 0.208. The summed E-state index contributed by atoms with van der Waals surface area (Å²) in [5.41, 5.74) is 0. The number of hydrogen-bond acceptors (Lipinski definition) is 3. The zero-order valence-corrected chi connectivity index (χ0v) is 9.17. The molecule has 0 fully saturated rings. The van der Waals surface area contributed by atoms with E-state index in [-0.39, 0.29) is 5.78 Å². The Morgan fingerprint density at radius 1 is 1.75 bits per heavy atom. The van der Waals surface area contributed by atoms with Crippen molar-refractivity contribution in [3.05, 3.63) is 20.8 Å². The van der Waals surface area contributed by atoms with Gasteiger partial charge in [-0.05, 0) is 29.0 Å². The van der Waals surface area contributed by atoms with Crippen molar-refractivity contribution in [2.24, 2.45) is 0 Å². The second-order valence-corrected chi connectivity index (χ2v) is 4.23. The monoisotopic (exact) mass is 247 g/mol. The molecule has 0 radical (unpaired) electrons. The standard InChI is InChI=1S/C8H10BrNOS/c1-10-3-2-7(11)8-4-6(9)5-12-8/h4-5,10H,2-3H2,1H3. The molecule has 1 N–H and O–H groups in total. The molecule has 1 heterocycles. The first-order chi connectivity index (χ1) is 5.74. The van der Waals surface area contributed by atoms with Crippen LogP contribution in [0.2, 0.25) is 0 Å². The van der Waals surface area contributed by atoms with Crippen LogP contribution in [0.5, 0.6) is 0 Å². The molecule has 0 unspecified atom stereocenters. The summed E-state index contributed by atoms with van der Waals surface area (Å²) < 4.78 is 0.986. The Kier molecular flexibility index (Phi) is 3.91. The molecule has 0 aliphatic carbocycles. The molecule has 66 valence electrons. The van der Waals surface area contributed by atoms with Crippen LogP contribution >= 0.6 is 27.3 Å². The summed E-state index contributed by atoms with van der Waals surface area (Å²) in [5.74, 6) is 0.208. The van der Waals surface area contributed by atoms with Crippen LogP contribution in [0, 0.1) is 0 Å². The van der Waals surface area contributed by atoms with E-state index < -0.39 is 0 Å². The fourth-order valence-electron chi connectivity index (χ4n) is 0.821. The first-order valence-electron chi connectivity index (χ1n) is 3.66. The van der Waals surface area contributed by atoms with Gasteiger partial charge in [0, 0.05) is 22.8 Å². The number of rotatable bonds is 4. The van der Waals surface area contributed by atoms with Gasteiger partial charge in [-0.25, -0.2) is 0 Å². The number of ketones is 1. The fourth-order valence-corrected chi connectivity index (χ4v) is 2.22. The lowest BCUT2D eigenvalue weighted by molar-refractivity contribution is 0.0987. The van der Waals surface area contributed by atoms with Crippen LogP contribution in [-0.2, 0) is 0 Å². The molecule has 0 aromatic carbocycles. The minimum atomic E-state index is 0.208. The third-order valence-electron chi connectivity index (χ3n) is 1.44. The highest BCUT2D eigenvalue weighted by molar-refractivity contribution is 9.10. The molecule has 0 amide bonds. The zero-order valence-electron chi connectivity index (χ0n) is 6.76. The van der Waals surface area contributed by atoms with Crippen molar-refractivity contribution in [3.63, 3.8) is 0 Å². The molecule has 12 heavy (non-hydrogen) atoms. The van der Waals surface area contributed by atoms with Crippen molar-refractivity contribution in [2.75, 3.05) is 13.6 Å². The van der Waals surface area contributed by atoms with Gasteiger partial charge in [0.15, 0.2) is 5.78 Å². The van der Waals surface area contributed by atoms with Gasteiger partial charge in [0.2, 0.25) is 0 Å². The summed E-state index contributed by atoms with van der Waals surface area (Å²) in [6, 6.07) is 1.86. The van der Waals surface area contributed by atoms with E-state index in [2.05, 4.69) is 21.2 Å². The Hall–Kier alpha value is -0.190. The van der Waals surface area contributed by atoms with Crippen molar-refractivity contribution in [1.82, 2.24) is 5.32 Å². The van der Waals surface area contributed by atoms with Crippen LogP contribution in [0.4, 0.5) is 0 Å². The molecule has 1 aromatic rings. The molecule has 0 saturated carbocycles. The van der Waals surface area contributed by atoms with E-state index in [1.807, 2.05) is 18.5 Å². The minimum Gasteiger partial charge on any atom is -0.319 e. The summed E-state index contributed by atoms with van der Waals surface area (Å²) in [5, 5.41) is 4.87. The molecule has 1 aromatic heterocycles. The van der Waals surface area contributed by atoms with Gasteiger partial charge < -0.3 is 5.32 Å². The van der Waals surface area contributed by atoms with Gasteiger partial charge in [-0.2, -0.15) is 0 Å². The number of halogens is 1. The summed E-state index contributed by atoms with van der Waals surface area (Å²) >= 11 is 4.80. The SMILES string of the molecule is CNCCC(=O)c1cc(Br)cs1. The third-order valence-corrected chi connectivity index (χ3v) is 3.18. The van der Waals surface area contributed by atoms with Gasteiger partial charge in [-0.3, -0.25) is 4.79 Å². The third kappa shape index (κ3) is 2.69. The maximum Gasteiger partial charge on any atom is 0.174 e. The molecule has 0 aliphatic heterocycles. The highest BCUT2D eigenvalue weighted by atomic mass is 79.9. The van der Waals surface area contributed by atoms with E-state index in [0.717, 1.165) is 15.9 Å². The lowest BCUT2D eigenvalue weighted by Gasteiger charge is -1.95. The van der Waals surface area contributed by atoms with Crippen molar-refractivity contribution in [1.29, 1.82) is 0 Å². The number of thiophene rings is 1. The maximum atomic E-state index is 11.4. The Morgan fingerprint density at radius 2 is 2.50 bits per heavy atom. The highest BCUT2D eigenvalue weighted by Gasteiger charge is 2.06. The van der Waals surface area contributed by atoms with Crippen LogP contribution in [-0.4, -0.2) is 19.4 Å². The Labute approximate surface area is 84.1 Å². The number of Topliss-reactive ketones (excluding diaryl/α,β-unsaturated/α-hetero) is 1. The van der Waals surface area contributed by atoms with Crippen molar-refractivity contribution >= 4 is 33.0 Å². The fraction of sp³-hybridized carbons (Fsp3) is 0.375. The quantitative estimate of drug-likeness (QED) is 0.828. The van der Waals surface area contributed by atoms with Gasteiger partial charge in [0.05, 0.1) is 4.88 Å². The predicted octanol–water partition coefficient (Wildman–Crippen LogP) is 2.30. The smallest absolute Gasteiger partial charge is 0.174 e. The molecule has 0 atom stereocenters. The molecular weight excluding hydrogens is 238 g/mol. The summed E-state index contributed by atoms with van der Waals surface area (Å²) in [7, 11) is 1.84. The number of nitrogens with one attached hydrogen (secondary N) is 1. The first kappa shape index (κ1) is 9.89. The van der Waals surface area contributed by atoms with E-state index >= 15 is 0 Å². The van der Waals surface area contributed by atoms with E-state index in [1.54, 1.807) is 0 Å². The van der Waals surface area contributed by atoms with Crippen LogP contribution < -0.4 is 5.32 Å². The predicted molar refractivity (Wildman–Crippen MR) is 54.9 cm³/mol. The second-order valence-electron chi connectivity index (χ2n) is 2.41. The van der Waals surface area contributed by atoms with Crippen LogP contribution in [0.1, 0.15) is 16.1 Å². The number of carbonyl (C=O) groups is 1. The summed E-state index contributed by atoms with van der Waals surface area (Å²) in [6.07, 6.45) is 0.573. The number of hydrogen-bond donors (Lipinski definition) is 1. The Bertz CT molecular complexity index is 272. The first-order valence-corrected chi connectivity index (χ1v) is 5.33. The molecule has 0 spiro atoms. The van der Waals surface area contributed by atoms with E-state index in [1.165, 1.54) is 11.3 Å². The summed E-state index contributed by atoms with van der Waals surface area (Å²) in [4.78, 5) is 12.2. The highest BCUT2D eigenvalue weighted by Crippen LogP contribution is 2.20. The van der Waals surface area contributed by atoms with Crippen molar-refractivity contribution in [2.45, 2.75) is 6.42 Å². The van der Waals surface area contributed by atoms with E-state index in [0.29, 0.717) is 6.42 Å². The van der Waals surface area contributed by atoms with Crippen molar-refractivity contribution < 1.29 is 4.79 Å². The van der Waals surface area contributed by atoms with Gasteiger partial charge in [0.1, 0.15) is 0 Å². The van der Waals surface area contributed by atoms with Crippen molar-refractivity contribution in [3.8, 4) is 0 Å². The second kappa shape index (κ2) is 4.74. The van der Waals surface area contributed by atoms with Crippen LogP contribution in [0.25, 0.3) is 0 Å². The largest absolute Gasteiger partial charge is 0.319 e. The average molecular weight is 248 g/mol. The average Bonchev–Trinajstić information content (AvgIpc) is 2.47. The molecule has 2 nitrogen and oxygen atoms in total. The Balaban J connectivity index is 2.53. The van der Waals surface area contributed by atoms with Gasteiger partial charge in [-0.15, -0.1) is 11.3 Å². The normalized spacial score (nSPS) is 10.2. The topological polar surface area (TPSA) is 29.1 Å². The van der Waals surface area contributed by atoms with Gasteiger partial charge >= 0.3 is 0 Å². The van der Waals surface area contributed by atoms with Crippen LogP contribution in [0.15, 0.2) is 15.9 Å². The number of carbonyl (C=O) groups excluding carboxylic acids is 1. The van der Waals surface area contributed by atoms with Crippen LogP contribution in [0.3, 0.4) is 0 Å². The lowest BCUT2D eigenvalue weighted by atomic mass is 10.2. The molecule has 4 heteroatoms.